The van der Waals surface area contributed by atoms with E-state index < -0.39 is 15.5 Å². The molecule has 0 saturated heterocycles. The summed E-state index contributed by atoms with van der Waals surface area (Å²) >= 11 is 0. The molecule has 0 spiro atoms. The van der Waals surface area contributed by atoms with Crippen molar-refractivity contribution in [1.82, 2.24) is 0 Å². The Morgan fingerprint density at radius 1 is 1.15 bits per heavy atom. The fourth-order valence-corrected chi connectivity index (χ4v) is 1.47. The van der Waals surface area contributed by atoms with Crippen molar-refractivity contribution >= 4 is 10.7 Å². The molecule has 0 aliphatic rings. The van der Waals surface area contributed by atoms with Crippen molar-refractivity contribution in [3.63, 3.8) is 0 Å². The van der Waals surface area contributed by atoms with Crippen LogP contribution in [0.4, 0.5) is 0 Å². The highest BCUT2D eigenvalue weighted by Crippen LogP contribution is 2.15. The van der Waals surface area contributed by atoms with Gasteiger partial charge < -0.3 is 0 Å². The van der Waals surface area contributed by atoms with Crippen LogP contribution in [0.15, 0.2) is 30.3 Å². The molecule has 1 rings (SSSR count). The summed E-state index contributed by atoms with van der Waals surface area (Å²) < 4.78 is 21.1. The lowest BCUT2D eigenvalue weighted by molar-refractivity contribution is 0.565. The Hall–Kier alpha value is -0.830. The van der Waals surface area contributed by atoms with Gasteiger partial charge in [0.2, 0.25) is 0 Å². The molecule has 0 N–H and O–H groups in total. The van der Waals surface area contributed by atoms with Crippen molar-refractivity contribution in [2.75, 3.05) is 0 Å². The Bertz CT molecular complexity index is 331. The molecule has 0 fully saturated rings. The summed E-state index contributed by atoms with van der Waals surface area (Å²) in [7, 11) is -2.37. The van der Waals surface area contributed by atoms with Gasteiger partial charge in [0.05, 0.1) is 4.75 Å². The molecule has 1 aromatic rings. The maximum absolute atomic E-state index is 10.9. The van der Waals surface area contributed by atoms with Gasteiger partial charge in [0.15, 0.2) is 0 Å². The fraction of sp³-hybridized carbons (Fsp3) is 0.400. The van der Waals surface area contributed by atoms with Crippen LogP contribution in [0.1, 0.15) is 19.4 Å². The predicted molar refractivity (Wildman–Crippen MR) is 54.5 cm³/mol. The summed E-state index contributed by atoms with van der Waals surface area (Å²) in [5.41, 5.74) is 1.06. The second kappa shape index (κ2) is 3.92. The van der Waals surface area contributed by atoms with Gasteiger partial charge in [-0.1, -0.05) is 30.3 Å². The molecule has 72 valence electrons. The van der Waals surface area contributed by atoms with E-state index in [1.165, 1.54) is 0 Å². The van der Waals surface area contributed by atoms with E-state index >= 15 is 0 Å². The van der Waals surface area contributed by atoms with E-state index in [0.29, 0.717) is 6.42 Å². The summed E-state index contributed by atoms with van der Waals surface area (Å²) in [6.07, 6.45) is 0.576. The van der Waals surface area contributed by atoms with Gasteiger partial charge in [-0.05, 0) is 25.8 Å². The van der Waals surface area contributed by atoms with E-state index in [-0.39, 0.29) is 0 Å². The summed E-state index contributed by atoms with van der Waals surface area (Å²) in [5.74, 6) is 0. The molecule has 0 unspecified atom stereocenters. The largest absolute Gasteiger partial charge is 0.231 e. The second-order valence-electron chi connectivity index (χ2n) is 3.73. The molecule has 0 heterocycles. The molecule has 0 saturated carbocycles. The lowest BCUT2D eigenvalue weighted by atomic mass is 10.0. The van der Waals surface area contributed by atoms with Gasteiger partial charge in [-0.25, -0.2) is 8.42 Å². The Morgan fingerprint density at radius 2 is 1.69 bits per heavy atom. The molecule has 2 nitrogen and oxygen atoms in total. The van der Waals surface area contributed by atoms with E-state index in [2.05, 4.69) is 0 Å². The molecule has 0 radical (unpaired) electrons. The van der Waals surface area contributed by atoms with Gasteiger partial charge in [-0.3, -0.25) is 0 Å². The molecular formula is C10H14O2S. The Kier molecular flexibility index (Phi) is 3.09. The normalized spacial score (nSPS) is 11.9. The van der Waals surface area contributed by atoms with Crippen LogP contribution >= 0.6 is 0 Å². The maximum Gasteiger partial charge on any atom is 0.145 e. The van der Waals surface area contributed by atoms with Gasteiger partial charge >= 0.3 is 0 Å². The first-order valence-corrected chi connectivity index (χ1v) is 5.38. The van der Waals surface area contributed by atoms with Crippen LogP contribution in [0.3, 0.4) is 0 Å². The first-order valence-electron chi connectivity index (χ1n) is 4.21. The number of hydrogen-bond acceptors (Lipinski definition) is 2. The number of rotatable bonds is 3. The molecule has 0 atom stereocenters. The monoisotopic (exact) mass is 198 g/mol. The van der Waals surface area contributed by atoms with Crippen LogP contribution in [0, 0.1) is 0 Å². The highest BCUT2D eigenvalue weighted by molar-refractivity contribution is 7.74. The van der Waals surface area contributed by atoms with Crippen LogP contribution in [-0.4, -0.2) is 13.2 Å². The third-order valence-electron chi connectivity index (χ3n) is 1.97. The summed E-state index contributed by atoms with van der Waals surface area (Å²) in [6.45, 7) is 3.48. The van der Waals surface area contributed by atoms with E-state index in [9.17, 15) is 8.42 Å². The highest BCUT2D eigenvalue weighted by Gasteiger charge is 2.21. The zero-order valence-corrected chi connectivity index (χ0v) is 8.75. The van der Waals surface area contributed by atoms with Crippen molar-refractivity contribution < 1.29 is 8.42 Å². The zero-order valence-electron chi connectivity index (χ0n) is 7.86. The molecule has 13 heavy (non-hydrogen) atoms. The van der Waals surface area contributed by atoms with E-state index in [4.69, 9.17) is 0 Å². The van der Waals surface area contributed by atoms with Gasteiger partial charge in [-0.15, -0.1) is 0 Å². The van der Waals surface area contributed by atoms with Gasteiger partial charge in [0.25, 0.3) is 0 Å². The summed E-state index contributed by atoms with van der Waals surface area (Å²) in [6, 6.07) is 9.65. The molecule has 0 bridgehead atoms. The van der Waals surface area contributed by atoms with Crippen LogP contribution < -0.4 is 0 Å². The molecular weight excluding hydrogens is 184 g/mol. The first-order chi connectivity index (χ1) is 6.02. The third kappa shape index (κ3) is 2.84. The van der Waals surface area contributed by atoms with Crippen molar-refractivity contribution in [2.24, 2.45) is 0 Å². The summed E-state index contributed by atoms with van der Waals surface area (Å²) in [4.78, 5) is 0. The topological polar surface area (TPSA) is 34.1 Å². The number of thiol groups is 1. The molecule has 1 aromatic carbocycles. The lowest BCUT2D eigenvalue weighted by Gasteiger charge is -2.16. The summed E-state index contributed by atoms with van der Waals surface area (Å²) in [5, 5.41) is 0. The molecule has 0 aliphatic heterocycles. The zero-order chi connectivity index (χ0) is 9.90. The molecule has 0 aliphatic carbocycles. The van der Waals surface area contributed by atoms with E-state index in [1.54, 1.807) is 13.8 Å². The Balaban J connectivity index is 2.81. The lowest BCUT2D eigenvalue weighted by Crippen LogP contribution is -2.24. The number of benzene rings is 1. The van der Waals surface area contributed by atoms with Crippen molar-refractivity contribution in [3.8, 4) is 0 Å². The van der Waals surface area contributed by atoms with Crippen LogP contribution in [0.5, 0.6) is 0 Å². The van der Waals surface area contributed by atoms with Gasteiger partial charge in [0, 0.05) is 0 Å². The standard InChI is InChI=1S/C10H14O2S/c1-10(2,13(11)12)8-9-6-4-3-5-7-9/h3-7,13H,8H2,1-2H3. The van der Waals surface area contributed by atoms with Crippen LogP contribution in [0.2, 0.25) is 0 Å². The average Bonchev–Trinajstić information content (AvgIpc) is 2.05. The fourth-order valence-electron chi connectivity index (χ4n) is 1.16. The van der Waals surface area contributed by atoms with Crippen molar-refractivity contribution in [3.05, 3.63) is 35.9 Å². The SMILES string of the molecule is CC(C)(Cc1ccccc1)[SH](=O)=O. The van der Waals surface area contributed by atoms with Crippen molar-refractivity contribution in [2.45, 2.75) is 25.0 Å². The van der Waals surface area contributed by atoms with E-state index in [0.717, 1.165) is 5.56 Å². The van der Waals surface area contributed by atoms with Crippen LogP contribution in [-0.2, 0) is 17.1 Å². The predicted octanol–water partition coefficient (Wildman–Crippen LogP) is 1.62. The molecule has 3 heteroatoms. The minimum atomic E-state index is -2.37. The second-order valence-corrected chi connectivity index (χ2v) is 5.46. The minimum Gasteiger partial charge on any atom is -0.231 e. The molecule has 0 amide bonds. The third-order valence-corrected chi connectivity index (χ3v) is 3.12. The van der Waals surface area contributed by atoms with E-state index in [1.807, 2.05) is 30.3 Å². The molecule has 0 aromatic heterocycles. The Labute approximate surface area is 80.5 Å². The maximum atomic E-state index is 10.9. The van der Waals surface area contributed by atoms with Gasteiger partial charge in [-0.2, -0.15) is 0 Å². The average molecular weight is 198 g/mol. The number of hydrogen-bond donors (Lipinski definition) is 1. The highest BCUT2D eigenvalue weighted by atomic mass is 32.2. The van der Waals surface area contributed by atoms with Crippen LogP contribution in [0.25, 0.3) is 0 Å². The quantitative estimate of drug-likeness (QED) is 0.749. The Morgan fingerprint density at radius 3 is 2.15 bits per heavy atom. The van der Waals surface area contributed by atoms with Crippen molar-refractivity contribution in [1.29, 1.82) is 0 Å². The smallest absolute Gasteiger partial charge is 0.145 e. The minimum absolute atomic E-state index is 0.576. The first kappa shape index (κ1) is 10.3. The van der Waals surface area contributed by atoms with Gasteiger partial charge in [0.1, 0.15) is 10.7 Å².